The van der Waals surface area contributed by atoms with Crippen molar-refractivity contribution in [3.8, 4) is 11.4 Å². The van der Waals surface area contributed by atoms with Crippen molar-refractivity contribution in [1.29, 1.82) is 0 Å². The Morgan fingerprint density at radius 2 is 1.96 bits per heavy atom. The van der Waals surface area contributed by atoms with Gasteiger partial charge in [0.15, 0.2) is 0 Å². The standard InChI is InChI=1S/C19H22N4O3S/c1-22(2)27(24,25)13-14-11-26-12-18(14)23-10-9-21-19(23)16-7-8-20-17-6-4-3-5-15(16)17/h3-10,14,18H,11-13H2,1-2H3/t14-,18+/m0/s1. The second-order valence-corrected chi connectivity index (χ2v) is 9.19. The molecule has 8 heteroatoms. The molecule has 142 valence electrons. The molecule has 0 saturated carbocycles. The Morgan fingerprint density at radius 3 is 2.78 bits per heavy atom. The first-order chi connectivity index (χ1) is 13.0. The molecule has 27 heavy (non-hydrogen) atoms. The van der Waals surface area contributed by atoms with Crippen LogP contribution in [0.3, 0.4) is 0 Å². The van der Waals surface area contributed by atoms with Crippen LogP contribution >= 0.6 is 0 Å². The highest BCUT2D eigenvalue weighted by Gasteiger charge is 2.35. The number of imidazole rings is 1. The number of benzene rings is 1. The van der Waals surface area contributed by atoms with Crippen LogP contribution in [0, 0.1) is 5.92 Å². The Labute approximate surface area is 158 Å². The second kappa shape index (κ2) is 7.03. The van der Waals surface area contributed by atoms with Crippen molar-refractivity contribution < 1.29 is 13.2 Å². The van der Waals surface area contributed by atoms with Gasteiger partial charge in [0.25, 0.3) is 0 Å². The normalized spacial score (nSPS) is 20.6. The Kier molecular flexibility index (Phi) is 4.71. The number of fused-ring (bicyclic) bond motifs is 1. The lowest BCUT2D eigenvalue weighted by Crippen LogP contribution is -2.32. The minimum absolute atomic E-state index is 0.0549. The number of sulfonamides is 1. The third-order valence-electron chi connectivity index (χ3n) is 5.06. The molecule has 0 amide bonds. The lowest BCUT2D eigenvalue weighted by molar-refractivity contribution is 0.182. The third-order valence-corrected chi connectivity index (χ3v) is 7.02. The summed E-state index contributed by atoms with van der Waals surface area (Å²) in [5, 5.41) is 1.02. The van der Waals surface area contributed by atoms with Crippen LogP contribution in [-0.4, -0.2) is 60.3 Å². The fourth-order valence-electron chi connectivity index (χ4n) is 3.55. The van der Waals surface area contributed by atoms with Crippen molar-refractivity contribution in [2.75, 3.05) is 33.1 Å². The van der Waals surface area contributed by atoms with E-state index in [1.165, 1.54) is 4.31 Å². The summed E-state index contributed by atoms with van der Waals surface area (Å²) in [5.41, 5.74) is 1.88. The van der Waals surface area contributed by atoms with Crippen LogP contribution in [0.15, 0.2) is 48.9 Å². The SMILES string of the molecule is CN(C)S(=O)(=O)C[C@@H]1COC[C@H]1n1ccnc1-c1ccnc2ccccc12. The summed E-state index contributed by atoms with van der Waals surface area (Å²) >= 11 is 0. The van der Waals surface area contributed by atoms with Crippen molar-refractivity contribution in [2.24, 2.45) is 5.92 Å². The largest absolute Gasteiger partial charge is 0.379 e. The molecule has 0 N–H and O–H groups in total. The number of nitrogens with zero attached hydrogens (tertiary/aromatic N) is 4. The van der Waals surface area contributed by atoms with Gasteiger partial charge >= 0.3 is 0 Å². The van der Waals surface area contributed by atoms with E-state index in [1.54, 1.807) is 26.5 Å². The van der Waals surface area contributed by atoms with Gasteiger partial charge in [-0.25, -0.2) is 17.7 Å². The highest BCUT2D eigenvalue weighted by Crippen LogP contribution is 2.33. The maximum atomic E-state index is 12.4. The maximum Gasteiger partial charge on any atom is 0.214 e. The molecule has 1 fully saturated rings. The highest BCUT2D eigenvalue weighted by molar-refractivity contribution is 7.89. The first-order valence-electron chi connectivity index (χ1n) is 8.82. The smallest absolute Gasteiger partial charge is 0.214 e. The van der Waals surface area contributed by atoms with Crippen molar-refractivity contribution in [3.05, 3.63) is 48.9 Å². The Hall–Kier alpha value is -2.29. The zero-order valence-electron chi connectivity index (χ0n) is 15.3. The summed E-state index contributed by atoms with van der Waals surface area (Å²) in [5.74, 6) is 0.731. The first kappa shape index (κ1) is 18.1. The number of hydrogen-bond donors (Lipinski definition) is 0. The summed E-state index contributed by atoms with van der Waals surface area (Å²) < 4.78 is 33.7. The summed E-state index contributed by atoms with van der Waals surface area (Å²) in [6.45, 7) is 0.895. The van der Waals surface area contributed by atoms with Crippen molar-refractivity contribution in [2.45, 2.75) is 6.04 Å². The third kappa shape index (κ3) is 3.36. The zero-order chi connectivity index (χ0) is 19.0. The predicted octanol–water partition coefficient (Wildman–Crippen LogP) is 2.18. The highest BCUT2D eigenvalue weighted by atomic mass is 32.2. The van der Waals surface area contributed by atoms with E-state index >= 15 is 0 Å². The number of ether oxygens (including phenoxy) is 1. The van der Waals surface area contributed by atoms with E-state index in [0.717, 1.165) is 22.3 Å². The Morgan fingerprint density at radius 1 is 1.15 bits per heavy atom. The molecule has 1 saturated heterocycles. The second-order valence-electron chi connectivity index (χ2n) is 6.96. The molecular formula is C19H22N4O3S. The minimum Gasteiger partial charge on any atom is -0.379 e. The van der Waals surface area contributed by atoms with Crippen LogP contribution in [0.25, 0.3) is 22.3 Å². The molecule has 0 aliphatic carbocycles. The maximum absolute atomic E-state index is 12.4. The number of para-hydroxylation sites is 1. The van der Waals surface area contributed by atoms with E-state index in [4.69, 9.17) is 4.74 Å². The molecule has 2 aromatic heterocycles. The topological polar surface area (TPSA) is 77.3 Å². The molecular weight excluding hydrogens is 364 g/mol. The van der Waals surface area contributed by atoms with Crippen LogP contribution < -0.4 is 0 Å². The van der Waals surface area contributed by atoms with Crippen molar-refractivity contribution in [3.63, 3.8) is 0 Å². The molecule has 0 spiro atoms. The number of hydrogen-bond acceptors (Lipinski definition) is 5. The van der Waals surface area contributed by atoms with Gasteiger partial charge in [-0.3, -0.25) is 4.98 Å². The van der Waals surface area contributed by atoms with Crippen LogP contribution in [0.5, 0.6) is 0 Å². The van der Waals surface area contributed by atoms with E-state index < -0.39 is 10.0 Å². The summed E-state index contributed by atoms with van der Waals surface area (Å²) in [6, 6.07) is 9.80. The molecule has 1 aromatic carbocycles. The quantitative estimate of drug-likeness (QED) is 0.672. The lowest BCUT2D eigenvalue weighted by atomic mass is 10.0. The van der Waals surface area contributed by atoms with Gasteiger partial charge < -0.3 is 9.30 Å². The average Bonchev–Trinajstić information content (AvgIpc) is 3.29. The van der Waals surface area contributed by atoms with E-state index in [2.05, 4.69) is 9.97 Å². The number of rotatable bonds is 5. The van der Waals surface area contributed by atoms with E-state index in [9.17, 15) is 8.42 Å². The molecule has 0 radical (unpaired) electrons. The monoisotopic (exact) mass is 386 g/mol. The molecule has 7 nitrogen and oxygen atoms in total. The van der Waals surface area contributed by atoms with Gasteiger partial charge in [-0.1, -0.05) is 18.2 Å². The van der Waals surface area contributed by atoms with E-state index in [0.29, 0.717) is 13.2 Å². The molecule has 3 aromatic rings. The minimum atomic E-state index is -3.31. The predicted molar refractivity (Wildman–Crippen MR) is 104 cm³/mol. The fourth-order valence-corrected chi connectivity index (χ4v) is 4.71. The van der Waals surface area contributed by atoms with Gasteiger partial charge in [-0.15, -0.1) is 0 Å². The van der Waals surface area contributed by atoms with Crippen LogP contribution in [0.4, 0.5) is 0 Å². The van der Waals surface area contributed by atoms with Gasteiger partial charge in [0.1, 0.15) is 5.82 Å². The van der Waals surface area contributed by atoms with Gasteiger partial charge in [-0.2, -0.15) is 0 Å². The van der Waals surface area contributed by atoms with Crippen molar-refractivity contribution in [1.82, 2.24) is 18.8 Å². The Balaban J connectivity index is 1.73. The molecule has 3 heterocycles. The average molecular weight is 386 g/mol. The molecule has 0 unspecified atom stereocenters. The molecule has 0 bridgehead atoms. The number of aromatic nitrogens is 3. The molecule has 1 aliphatic rings. The van der Waals surface area contributed by atoms with Gasteiger partial charge in [0.2, 0.25) is 10.0 Å². The van der Waals surface area contributed by atoms with Gasteiger partial charge in [0.05, 0.1) is 30.5 Å². The summed E-state index contributed by atoms with van der Waals surface area (Å²) in [7, 11) is -0.185. The van der Waals surface area contributed by atoms with Crippen molar-refractivity contribution >= 4 is 20.9 Å². The van der Waals surface area contributed by atoms with Crippen LogP contribution in [0.2, 0.25) is 0 Å². The molecule has 1 aliphatic heterocycles. The first-order valence-corrected chi connectivity index (χ1v) is 10.4. The van der Waals surface area contributed by atoms with E-state index in [1.807, 2.05) is 41.1 Å². The fraction of sp³-hybridized carbons (Fsp3) is 0.368. The van der Waals surface area contributed by atoms with E-state index in [-0.39, 0.29) is 17.7 Å². The van der Waals surface area contributed by atoms with Gasteiger partial charge in [-0.05, 0) is 12.1 Å². The van der Waals surface area contributed by atoms with Gasteiger partial charge in [0, 0.05) is 49.6 Å². The lowest BCUT2D eigenvalue weighted by Gasteiger charge is -2.23. The Bertz CT molecular complexity index is 1060. The van der Waals surface area contributed by atoms with Crippen LogP contribution in [-0.2, 0) is 14.8 Å². The summed E-state index contributed by atoms with van der Waals surface area (Å²) in [4.78, 5) is 8.98. The number of pyridine rings is 1. The summed E-state index contributed by atoms with van der Waals surface area (Å²) in [6.07, 6.45) is 5.43. The molecule has 2 atom stereocenters. The molecule has 4 rings (SSSR count). The van der Waals surface area contributed by atoms with Crippen LogP contribution in [0.1, 0.15) is 6.04 Å². The zero-order valence-corrected chi connectivity index (χ0v) is 16.1.